The largest absolute Gasteiger partial charge is 0.379 e. The highest BCUT2D eigenvalue weighted by molar-refractivity contribution is 5.94. The summed E-state index contributed by atoms with van der Waals surface area (Å²) in [7, 11) is 0. The quantitative estimate of drug-likeness (QED) is 0.810. The highest BCUT2D eigenvalue weighted by Gasteiger charge is 2.18. The third-order valence-electron chi connectivity index (χ3n) is 4.44. The highest BCUT2D eigenvalue weighted by Crippen LogP contribution is 2.15. The third-order valence-corrected chi connectivity index (χ3v) is 4.44. The van der Waals surface area contributed by atoms with Crippen LogP contribution in [0.5, 0.6) is 0 Å². The van der Waals surface area contributed by atoms with Gasteiger partial charge in [-0.1, -0.05) is 24.3 Å². The Labute approximate surface area is 149 Å². The van der Waals surface area contributed by atoms with Crippen LogP contribution in [0.1, 0.15) is 11.3 Å². The van der Waals surface area contributed by atoms with Crippen LogP contribution in [0.2, 0.25) is 0 Å². The normalized spacial score (nSPS) is 15.1. The van der Waals surface area contributed by atoms with Crippen LogP contribution in [0.4, 0.5) is 5.69 Å². The van der Waals surface area contributed by atoms with Crippen LogP contribution in [0.15, 0.2) is 48.7 Å². The van der Waals surface area contributed by atoms with E-state index in [0.29, 0.717) is 13.0 Å². The molecule has 3 rings (SSSR count). The van der Waals surface area contributed by atoms with Crippen molar-refractivity contribution in [1.82, 2.24) is 9.88 Å². The lowest BCUT2D eigenvalue weighted by atomic mass is 10.1. The number of para-hydroxylation sites is 1. The smallest absolute Gasteiger partial charge is 0.231 e. The lowest BCUT2D eigenvalue weighted by Crippen LogP contribution is -2.43. The molecule has 1 aromatic heterocycles. The van der Waals surface area contributed by atoms with E-state index in [2.05, 4.69) is 9.88 Å². The lowest BCUT2D eigenvalue weighted by molar-refractivity contribution is -0.118. The van der Waals surface area contributed by atoms with Crippen LogP contribution in [0.3, 0.4) is 0 Å². The van der Waals surface area contributed by atoms with Crippen molar-refractivity contribution in [2.75, 3.05) is 44.3 Å². The van der Waals surface area contributed by atoms with E-state index in [0.717, 1.165) is 49.8 Å². The minimum absolute atomic E-state index is 0.102. The zero-order valence-electron chi connectivity index (χ0n) is 14.7. The van der Waals surface area contributed by atoms with E-state index in [1.54, 1.807) is 6.20 Å². The predicted molar refractivity (Wildman–Crippen MR) is 98.7 cm³/mol. The number of morpholine rings is 1. The van der Waals surface area contributed by atoms with Gasteiger partial charge in [0.15, 0.2) is 0 Å². The molecule has 0 N–H and O–H groups in total. The first kappa shape index (κ1) is 17.6. The number of benzene rings is 1. The van der Waals surface area contributed by atoms with Crippen LogP contribution in [-0.2, 0) is 16.0 Å². The molecule has 0 atom stereocenters. The average Bonchev–Trinajstić information content (AvgIpc) is 2.65. The fourth-order valence-corrected chi connectivity index (χ4v) is 2.94. The minimum Gasteiger partial charge on any atom is -0.379 e. The summed E-state index contributed by atoms with van der Waals surface area (Å²) in [6, 6.07) is 13.8. The molecule has 0 saturated carbocycles. The van der Waals surface area contributed by atoms with Crippen molar-refractivity contribution in [2.24, 2.45) is 0 Å². The van der Waals surface area contributed by atoms with Gasteiger partial charge < -0.3 is 9.64 Å². The molecule has 0 unspecified atom stereocenters. The van der Waals surface area contributed by atoms with E-state index in [4.69, 9.17) is 4.74 Å². The Morgan fingerprint density at radius 2 is 1.92 bits per heavy atom. The summed E-state index contributed by atoms with van der Waals surface area (Å²) < 4.78 is 5.40. The van der Waals surface area contributed by atoms with Gasteiger partial charge in [0.25, 0.3) is 0 Å². The summed E-state index contributed by atoms with van der Waals surface area (Å²) in [5, 5.41) is 0. The molecule has 0 spiro atoms. The lowest BCUT2D eigenvalue weighted by Gasteiger charge is -2.30. The standard InChI is InChI=1S/C20H25N3O2/c1-17-7-8-18(16-21-17)15-20(24)23(19-5-3-2-4-6-19)10-9-22-11-13-25-14-12-22/h2-8,16H,9-15H2,1H3. The molecule has 1 aliphatic heterocycles. The first-order valence-electron chi connectivity index (χ1n) is 8.79. The Morgan fingerprint density at radius 1 is 1.16 bits per heavy atom. The molecule has 0 radical (unpaired) electrons. The van der Waals surface area contributed by atoms with Crippen molar-refractivity contribution < 1.29 is 9.53 Å². The topological polar surface area (TPSA) is 45.7 Å². The maximum absolute atomic E-state index is 12.9. The minimum atomic E-state index is 0.102. The van der Waals surface area contributed by atoms with Gasteiger partial charge in [-0.3, -0.25) is 14.7 Å². The van der Waals surface area contributed by atoms with Gasteiger partial charge in [0, 0.05) is 43.8 Å². The van der Waals surface area contributed by atoms with Gasteiger partial charge in [0.1, 0.15) is 0 Å². The number of carbonyl (C=O) groups is 1. The molecule has 0 aliphatic carbocycles. The molecule has 5 heteroatoms. The second kappa shape index (κ2) is 8.74. The number of anilines is 1. The zero-order valence-corrected chi connectivity index (χ0v) is 14.7. The molecule has 1 aliphatic rings. The summed E-state index contributed by atoms with van der Waals surface area (Å²) in [4.78, 5) is 21.4. The number of aromatic nitrogens is 1. The van der Waals surface area contributed by atoms with E-state index in [-0.39, 0.29) is 5.91 Å². The molecule has 2 aromatic rings. The Bertz CT molecular complexity index is 667. The van der Waals surface area contributed by atoms with Crippen molar-refractivity contribution in [3.05, 3.63) is 59.9 Å². The summed E-state index contributed by atoms with van der Waals surface area (Å²) in [5.74, 6) is 0.102. The highest BCUT2D eigenvalue weighted by atomic mass is 16.5. The van der Waals surface area contributed by atoms with Crippen molar-refractivity contribution >= 4 is 11.6 Å². The number of hydrogen-bond donors (Lipinski definition) is 0. The molecule has 1 amide bonds. The third kappa shape index (κ3) is 5.11. The fraction of sp³-hybridized carbons (Fsp3) is 0.400. The predicted octanol–water partition coefficient (Wildman–Crippen LogP) is 2.30. The number of rotatable bonds is 6. The van der Waals surface area contributed by atoms with Crippen molar-refractivity contribution in [1.29, 1.82) is 0 Å². The van der Waals surface area contributed by atoms with Gasteiger partial charge >= 0.3 is 0 Å². The molecule has 132 valence electrons. The van der Waals surface area contributed by atoms with E-state index in [1.807, 2.05) is 54.3 Å². The van der Waals surface area contributed by atoms with E-state index < -0.39 is 0 Å². The molecule has 5 nitrogen and oxygen atoms in total. The van der Waals surface area contributed by atoms with Gasteiger partial charge in [0.2, 0.25) is 5.91 Å². The molecule has 1 saturated heterocycles. The van der Waals surface area contributed by atoms with Crippen molar-refractivity contribution in [2.45, 2.75) is 13.3 Å². The Kier molecular flexibility index (Phi) is 6.14. The average molecular weight is 339 g/mol. The summed E-state index contributed by atoms with van der Waals surface area (Å²) in [6.45, 7) is 6.89. The van der Waals surface area contributed by atoms with E-state index in [1.165, 1.54) is 0 Å². The Balaban J connectivity index is 1.68. The number of hydrogen-bond acceptors (Lipinski definition) is 4. The van der Waals surface area contributed by atoms with E-state index >= 15 is 0 Å². The Hall–Kier alpha value is -2.24. The number of ether oxygens (including phenoxy) is 1. The molecule has 2 heterocycles. The fourth-order valence-electron chi connectivity index (χ4n) is 2.94. The van der Waals surface area contributed by atoms with Crippen LogP contribution in [-0.4, -0.2) is 55.2 Å². The molecule has 1 aromatic carbocycles. The van der Waals surface area contributed by atoms with Gasteiger partial charge in [0.05, 0.1) is 19.6 Å². The molecule has 1 fully saturated rings. The second-order valence-corrected chi connectivity index (χ2v) is 6.32. The number of carbonyl (C=O) groups excluding carboxylic acids is 1. The zero-order chi connectivity index (χ0) is 17.5. The maximum atomic E-state index is 12.9. The number of aryl methyl sites for hydroxylation is 1. The van der Waals surface area contributed by atoms with Crippen molar-refractivity contribution in [3.63, 3.8) is 0 Å². The first-order chi connectivity index (χ1) is 12.2. The van der Waals surface area contributed by atoms with E-state index in [9.17, 15) is 4.79 Å². The first-order valence-corrected chi connectivity index (χ1v) is 8.79. The molecular weight excluding hydrogens is 314 g/mol. The van der Waals surface area contributed by atoms with Crippen LogP contribution < -0.4 is 4.90 Å². The van der Waals surface area contributed by atoms with Gasteiger partial charge in [-0.2, -0.15) is 0 Å². The van der Waals surface area contributed by atoms with Gasteiger partial charge in [-0.25, -0.2) is 0 Å². The summed E-state index contributed by atoms with van der Waals surface area (Å²) in [6.07, 6.45) is 2.16. The molecule has 25 heavy (non-hydrogen) atoms. The Morgan fingerprint density at radius 3 is 2.60 bits per heavy atom. The number of nitrogens with zero attached hydrogens (tertiary/aromatic N) is 3. The van der Waals surface area contributed by atoms with Gasteiger partial charge in [-0.15, -0.1) is 0 Å². The van der Waals surface area contributed by atoms with Crippen LogP contribution in [0, 0.1) is 6.92 Å². The van der Waals surface area contributed by atoms with Crippen LogP contribution in [0.25, 0.3) is 0 Å². The molecular formula is C20H25N3O2. The van der Waals surface area contributed by atoms with Crippen molar-refractivity contribution in [3.8, 4) is 0 Å². The van der Waals surface area contributed by atoms with Crippen LogP contribution >= 0.6 is 0 Å². The summed E-state index contributed by atoms with van der Waals surface area (Å²) in [5.41, 5.74) is 2.85. The second-order valence-electron chi connectivity index (χ2n) is 6.32. The SMILES string of the molecule is Cc1ccc(CC(=O)N(CCN2CCOCC2)c2ccccc2)cn1. The summed E-state index contributed by atoms with van der Waals surface area (Å²) >= 11 is 0. The van der Waals surface area contributed by atoms with Gasteiger partial charge in [-0.05, 0) is 30.7 Å². The monoisotopic (exact) mass is 339 g/mol. The molecule has 0 bridgehead atoms. The number of pyridine rings is 1. The maximum Gasteiger partial charge on any atom is 0.231 e. The number of amides is 1.